The highest BCUT2D eigenvalue weighted by Crippen LogP contribution is 2.35. The van der Waals surface area contributed by atoms with Crippen molar-refractivity contribution in [3.05, 3.63) is 89.3 Å². The minimum Gasteiger partial charge on any atom is -0.320 e. The topological polar surface area (TPSA) is 59.2 Å². The van der Waals surface area contributed by atoms with E-state index in [-0.39, 0.29) is 33.7 Å². The molecule has 0 N–H and O–H groups in total. The van der Waals surface area contributed by atoms with Crippen molar-refractivity contribution in [2.24, 2.45) is 0 Å². The second-order valence-corrected chi connectivity index (χ2v) is 9.39. The predicted molar refractivity (Wildman–Crippen MR) is 136 cm³/mol. The first-order valence-corrected chi connectivity index (χ1v) is 11.8. The van der Waals surface area contributed by atoms with E-state index in [2.05, 4.69) is 32.0 Å². The Kier molecular flexibility index (Phi) is 6.64. The molecule has 5 aromatic rings. The van der Waals surface area contributed by atoms with Gasteiger partial charge in [-0.25, -0.2) is 22.0 Å². The van der Waals surface area contributed by atoms with E-state index in [1.165, 1.54) is 16.5 Å². The molecule has 0 aliphatic carbocycles. The fraction of sp³-hybridized carbons (Fsp3) is 0.214. The summed E-state index contributed by atoms with van der Waals surface area (Å²) in [6, 6.07) is 9.38. The molecule has 5 rings (SSSR count). The van der Waals surface area contributed by atoms with Crippen molar-refractivity contribution >= 4 is 28.2 Å². The zero-order valence-corrected chi connectivity index (χ0v) is 21.1. The zero-order chi connectivity index (χ0) is 27.9. The molecule has 6 nitrogen and oxygen atoms in total. The van der Waals surface area contributed by atoms with Crippen molar-refractivity contribution in [3.8, 4) is 11.8 Å². The van der Waals surface area contributed by atoms with E-state index in [1.807, 2.05) is 19.9 Å². The number of hydrogen-bond donors (Lipinski definition) is 0. The maximum absolute atomic E-state index is 15.2. The highest BCUT2D eigenvalue weighted by molar-refractivity contribution is 5.94. The van der Waals surface area contributed by atoms with Crippen molar-refractivity contribution in [2.45, 2.75) is 32.6 Å². The van der Waals surface area contributed by atoms with Gasteiger partial charge in [-0.15, -0.1) is 10.2 Å². The van der Waals surface area contributed by atoms with Crippen LogP contribution in [0.2, 0.25) is 0 Å². The van der Waals surface area contributed by atoms with Gasteiger partial charge < -0.3 is 4.90 Å². The van der Waals surface area contributed by atoms with Gasteiger partial charge in [-0.3, -0.25) is 9.38 Å². The Morgan fingerprint density at radius 2 is 1.85 bits per heavy atom. The van der Waals surface area contributed by atoms with Gasteiger partial charge in [0.05, 0.1) is 22.9 Å². The van der Waals surface area contributed by atoms with Gasteiger partial charge in [-0.2, -0.15) is 4.98 Å². The van der Waals surface area contributed by atoms with Crippen LogP contribution in [-0.4, -0.2) is 37.5 Å². The highest BCUT2D eigenvalue weighted by atomic mass is 19.3. The minimum atomic E-state index is -2.93. The number of halogens is 5. The van der Waals surface area contributed by atoms with Crippen LogP contribution in [0.5, 0.6) is 0 Å². The maximum atomic E-state index is 15.2. The summed E-state index contributed by atoms with van der Waals surface area (Å²) in [4.78, 5) is 9.28. The number of anilines is 2. The summed E-state index contributed by atoms with van der Waals surface area (Å²) in [5.41, 5.74) is 0.413. The Bertz CT molecular complexity index is 1760. The SMILES string of the molecule is Cc1nnc2nc(N(CC(F)F)c3cc(F)cc(C#CC(C)(C)c4cccnc4)c3)c3c(F)c(F)ccc3n12. The van der Waals surface area contributed by atoms with E-state index >= 15 is 4.39 Å². The fourth-order valence-electron chi connectivity index (χ4n) is 4.28. The van der Waals surface area contributed by atoms with E-state index < -0.39 is 35.8 Å². The molecule has 0 saturated carbocycles. The summed E-state index contributed by atoms with van der Waals surface area (Å²) in [6.45, 7) is 4.33. The molecule has 3 aromatic heterocycles. The molecule has 198 valence electrons. The molecule has 0 fully saturated rings. The summed E-state index contributed by atoms with van der Waals surface area (Å²) in [5, 5.41) is 7.47. The molecular weight excluding hydrogens is 515 g/mol. The molecule has 0 atom stereocenters. The molecule has 0 unspecified atom stereocenters. The Morgan fingerprint density at radius 3 is 2.56 bits per heavy atom. The van der Waals surface area contributed by atoms with Crippen LogP contribution in [0, 0.1) is 36.2 Å². The monoisotopic (exact) mass is 536 g/mol. The number of pyridine rings is 1. The van der Waals surface area contributed by atoms with Crippen LogP contribution in [0.1, 0.15) is 30.8 Å². The van der Waals surface area contributed by atoms with E-state index in [4.69, 9.17) is 0 Å². The summed E-state index contributed by atoms with van der Waals surface area (Å²) in [7, 11) is 0. The van der Waals surface area contributed by atoms with Gasteiger partial charge in [0.15, 0.2) is 11.6 Å². The number of rotatable bonds is 5. The molecule has 0 spiro atoms. The van der Waals surface area contributed by atoms with Gasteiger partial charge >= 0.3 is 0 Å². The van der Waals surface area contributed by atoms with Crippen molar-refractivity contribution < 1.29 is 22.0 Å². The molecule has 0 aliphatic heterocycles. The molecule has 0 bridgehead atoms. The van der Waals surface area contributed by atoms with Gasteiger partial charge in [0, 0.05) is 23.6 Å². The molecule has 0 saturated heterocycles. The lowest BCUT2D eigenvalue weighted by Crippen LogP contribution is -2.26. The number of aromatic nitrogens is 5. The van der Waals surface area contributed by atoms with Crippen LogP contribution in [-0.2, 0) is 5.41 Å². The quantitative estimate of drug-likeness (QED) is 0.200. The third-order valence-corrected chi connectivity index (χ3v) is 6.22. The van der Waals surface area contributed by atoms with E-state index in [9.17, 15) is 17.6 Å². The fourth-order valence-corrected chi connectivity index (χ4v) is 4.28. The van der Waals surface area contributed by atoms with Crippen molar-refractivity contribution in [2.75, 3.05) is 11.4 Å². The molecule has 0 amide bonds. The Hall–Kier alpha value is -4.59. The van der Waals surface area contributed by atoms with Crippen LogP contribution in [0.3, 0.4) is 0 Å². The lowest BCUT2D eigenvalue weighted by Gasteiger charge is -2.25. The lowest BCUT2D eigenvalue weighted by molar-refractivity contribution is 0.158. The van der Waals surface area contributed by atoms with E-state index in [0.717, 1.165) is 28.7 Å². The maximum Gasteiger partial charge on any atom is 0.257 e. The minimum absolute atomic E-state index is 0.0186. The normalized spacial score (nSPS) is 11.7. The Balaban J connectivity index is 1.70. The average Bonchev–Trinajstić information content (AvgIpc) is 3.28. The number of hydrogen-bond acceptors (Lipinski definition) is 5. The first kappa shape index (κ1) is 26.0. The van der Waals surface area contributed by atoms with Crippen molar-refractivity contribution in [1.29, 1.82) is 0 Å². The van der Waals surface area contributed by atoms with Crippen LogP contribution in [0.4, 0.5) is 33.5 Å². The zero-order valence-electron chi connectivity index (χ0n) is 21.1. The van der Waals surface area contributed by atoms with Crippen LogP contribution in [0.25, 0.3) is 16.7 Å². The molecule has 3 heterocycles. The smallest absolute Gasteiger partial charge is 0.257 e. The predicted octanol–water partition coefficient (Wildman–Crippen LogP) is 6.13. The van der Waals surface area contributed by atoms with Gasteiger partial charge in [0.2, 0.25) is 0 Å². The molecule has 0 aliphatic rings. The van der Waals surface area contributed by atoms with Crippen LogP contribution < -0.4 is 4.90 Å². The van der Waals surface area contributed by atoms with Crippen LogP contribution in [0.15, 0.2) is 54.9 Å². The number of benzene rings is 2. The molecule has 39 heavy (non-hydrogen) atoms. The second kappa shape index (κ2) is 9.94. The van der Waals surface area contributed by atoms with Gasteiger partial charge in [0.1, 0.15) is 17.5 Å². The van der Waals surface area contributed by atoms with Crippen molar-refractivity contribution in [1.82, 2.24) is 24.6 Å². The van der Waals surface area contributed by atoms with Gasteiger partial charge in [-0.1, -0.05) is 17.9 Å². The first-order chi connectivity index (χ1) is 18.5. The Labute approximate surface area is 220 Å². The standard InChI is InChI=1S/C28H21F5N6/c1-16-36-37-27-35-26(24-22(39(16)27)7-6-21(30)25(24)33)38(15-23(31)32)20-12-17(11-19(29)13-20)8-9-28(2,3)18-5-4-10-34-14-18/h4-7,10-14,23H,15H2,1-3H3. The molecule has 2 aromatic carbocycles. The first-order valence-electron chi connectivity index (χ1n) is 11.8. The third-order valence-electron chi connectivity index (χ3n) is 6.22. The summed E-state index contributed by atoms with van der Waals surface area (Å²) >= 11 is 0. The molecular formula is C28H21F5N6. The number of nitrogens with zero attached hydrogens (tertiary/aromatic N) is 6. The number of alkyl halides is 2. The summed E-state index contributed by atoms with van der Waals surface area (Å²) in [5.74, 6) is 2.68. The highest BCUT2D eigenvalue weighted by Gasteiger charge is 2.26. The summed E-state index contributed by atoms with van der Waals surface area (Å²) < 4.78 is 73.5. The number of aryl methyl sites for hydroxylation is 1. The van der Waals surface area contributed by atoms with Crippen molar-refractivity contribution in [3.63, 3.8) is 0 Å². The van der Waals surface area contributed by atoms with Gasteiger partial charge in [-0.05, 0) is 62.7 Å². The largest absolute Gasteiger partial charge is 0.320 e. The lowest BCUT2D eigenvalue weighted by atomic mass is 9.86. The second-order valence-electron chi connectivity index (χ2n) is 9.39. The molecule has 11 heteroatoms. The van der Waals surface area contributed by atoms with Crippen LogP contribution >= 0.6 is 0 Å². The van der Waals surface area contributed by atoms with E-state index in [0.29, 0.717) is 5.82 Å². The van der Waals surface area contributed by atoms with Gasteiger partial charge in [0.25, 0.3) is 12.2 Å². The van der Waals surface area contributed by atoms with E-state index in [1.54, 1.807) is 25.4 Å². The molecule has 0 radical (unpaired) electrons. The summed E-state index contributed by atoms with van der Waals surface area (Å²) in [6.07, 6.45) is 0.369. The third kappa shape index (κ3) is 4.97. The number of fused-ring (bicyclic) bond motifs is 3. The average molecular weight is 537 g/mol. The Morgan fingerprint density at radius 1 is 1.05 bits per heavy atom.